The topological polar surface area (TPSA) is 38.0 Å². The number of aryl methyl sites for hydroxylation is 1. The minimum absolute atomic E-state index is 0.397. The molecule has 0 aromatic carbocycles. The number of aliphatic hydroxyl groups excluding tert-OH is 1. The first kappa shape index (κ1) is 12.2. The first-order chi connectivity index (χ1) is 7.50. The summed E-state index contributed by atoms with van der Waals surface area (Å²) in [4.78, 5) is 0. The molecule has 3 nitrogen and oxygen atoms in total. The normalized spacial score (nSPS) is 13.1. The molecule has 0 saturated heterocycles. The fraction of sp³-hybridized carbons (Fsp3) is 0.222. The zero-order valence-corrected chi connectivity index (χ0v) is 11.2. The molecule has 2 aromatic rings. The standard InChI is InChI=1S/C9H7Cl3N2OS/c1-14-7(5(10)3-13-14)8(15)4-2-6(11)16-9(4)12/h2-3,8,15H,1H3. The number of thiophene rings is 1. The van der Waals surface area contributed by atoms with Gasteiger partial charge in [-0.2, -0.15) is 5.10 Å². The van der Waals surface area contributed by atoms with Gasteiger partial charge in [0.1, 0.15) is 10.4 Å². The third-order valence-electron chi connectivity index (χ3n) is 2.17. The van der Waals surface area contributed by atoms with E-state index in [-0.39, 0.29) is 0 Å². The summed E-state index contributed by atoms with van der Waals surface area (Å²) < 4.78 is 2.49. The average molecular weight is 298 g/mol. The number of aromatic nitrogens is 2. The Morgan fingerprint density at radius 1 is 1.44 bits per heavy atom. The van der Waals surface area contributed by atoms with E-state index in [9.17, 15) is 5.11 Å². The highest BCUT2D eigenvalue weighted by Crippen LogP contribution is 2.38. The van der Waals surface area contributed by atoms with Crippen LogP contribution in [-0.2, 0) is 7.05 Å². The van der Waals surface area contributed by atoms with Gasteiger partial charge < -0.3 is 5.11 Å². The minimum atomic E-state index is -0.920. The Morgan fingerprint density at radius 3 is 2.56 bits per heavy atom. The Morgan fingerprint density at radius 2 is 2.12 bits per heavy atom. The third kappa shape index (κ3) is 2.08. The van der Waals surface area contributed by atoms with Crippen LogP contribution in [0.3, 0.4) is 0 Å². The van der Waals surface area contributed by atoms with Crippen molar-refractivity contribution in [2.45, 2.75) is 6.10 Å². The highest BCUT2D eigenvalue weighted by atomic mass is 35.5. The first-order valence-electron chi connectivity index (χ1n) is 4.31. The summed E-state index contributed by atoms with van der Waals surface area (Å²) in [5.74, 6) is 0. The van der Waals surface area contributed by atoms with Gasteiger partial charge in [0.2, 0.25) is 0 Å². The average Bonchev–Trinajstić information content (AvgIpc) is 2.70. The quantitative estimate of drug-likeness (QED) is 0.921. The van der Waals surface area contributed by atoms with E-state index < -0.39 is 6.10 Å². The molecule has 0 bridgehead atoms. The van der Waals surface area contributed by atoms with Crippen LogP contribution in [0, 0.1) is 0 Å². The SMILES string of the molecule is Cn1ncc(Cl)c1C(O)c1cc(Cl)sc1Cl. The molecule has 0 aliphatic rings. The Bertz CT molecular complexity index is 503. The number of nitrogens with zero attached hydrogens (tertiary/aromatic N) is 2. The lowest BCUT2D eigenvalue weighted by atomic mass is 10.1. The van der Waals surface area contributed by atoms with Crippen LogP contribution in [0.25, 0.3) is 0 Å². The molecule has 1 atom stereocenters. The summed E-state index contributed by atoms with van der Waals surface area (Å²) in [7, 11) is 1.70. The van der Waals surface area contributed by atoms with Gasteiger partial charge in [-0.25, -0.2) is 0 Å². The van der Waals surface area contributed by atoms with E-state index in [1.807, 2.05) is 0 Å². The number of rotatable bonds is 2. The highest BCUT2D eigenvalue weighted by Gasteiger charge is 2.22. The molecule has 86 valence electrons. The third-order valence-corrected chi connectivity index (χ3v) is 3.98. The number of hydrogen-bond donors (Lipinski definition) is 1. The van der Waals surface area contributed by atoms with Gasteiger partial charge in [0.15, 0.2) is 0 Å². The molecule has 7 heteroatoms. The van der Waals surface area contributed by atoms with Crippen molar-refractivity contribution in [3.05, 3.63) is 37.2 Å². The second-order valence-electron chi connectivity index (χ2n) is 3.18. The smallest absolute Gasteiger partial charge is 0.124 e. The molecule has 0 spiro atoms. The zero-order chi connectivity index (χ0) is 11.9. The molecule has 0 amide bonds. The first-order valence-corrected chi connectivity index (χ1v) is 6.26. The van der Waals surface area contributed by atoms with Gasteiger partial charge in [-0.1, -0.05) is 34.8 Å². The maximum atomic E-state index is 10.2. The van der Waals surface area contributed by atoms with E-state index in [0.717, 1.165) is 0 Å². The number of aliphatic hydroxyl groups is 1. The van der Waals surface area contributed by atoms with Gasteiger partial charge in [-0.3, -0.25) is 4.68 Å². The van der Waals surface area contributed by atoms with Crippen molar-refractivity contribution in [3.63, 3.8) is 0 Å². The van der Waals surface area contributed by atoms with Gasteiger partial charge in [0.05, 0.1) is 21.2 Å². The molecule has 0 fully saturated rings. The Balaban J connectivity index is 2.46. The van der Waals surface area contributed by atoms with Gasteiger partial charge in [-0.15, -0.1) is 11.3 Å². The maximum Gasteiger partial charge on any atom is 0.124 e. The van der Waals surface area contributed by atoms with Gasteiger partial charge in [0, 0.05) is 12.6 Å². The molecule has 1 unspecified atom stereocenters. The molecule has 0 aliphatic heterocycles. The van der Waals surface area contributed by atoms with Crippen molar-refractivity contribution < 1.29 is 5.11 Å². The van der Waals surface area contributed by atoms with E-state index in [1.165, 1.54) is 22.2 Å². The Labute approximate surface area is 111 Å². The Hall–Kier alpha value is -0.260. The second kappa shape index (κ2) is 4.55. The van der Waals surface area contributed by atoms with Gasteiger partial charge in [0.25, 0.3) is 0 Å². The Kier molecular flexibility index (Phi) is 3.47. The summed E-state index contributed by atoms with van der Waals surface area (Å²) >= 11 is 18.9. The fourth-order valence-electron chi connectivity index (χ4n) is 1.41. The molecule has 0 radical (unpaired) electrons. The lowest BCUT2D eigenvalue weighted by Gasteiger charge is -2.10. The van der Waals surface area contributed by atoms with Crippen LogP contribution < -0.4 is 0 Å². The molecule has 2 aromatic heterocycles. The van der Waals surface area contributed by atoms with Crippen LogP contribution in [0.15, 0.2) is 12.3 Å². The summed E-state index contributed by atoms with van der Waals surface area (Å²) in [6.45, 7) is 0. The number of halogens is 3. The second-order valence-corrected chi connectivity index (χ2v) is 5.88. The van der Waals surface area contributed by atoms with Crippen molar-refractivity contribution in [2.24, 2.45) is 7.05 Å². The summed E-state index contributed by atoms with van der Waals surface area (Å²) in [5, 5.41) is 14.5. The zero-order valence-electron chi connectivity index (χ0n) is 8.12. The molecule has 0 aliphatic carbocycles. The van der Waals surface area contributed by atoms with Crippen molar-refractivity contribution >= 4 is 46.1 Å². The van der Waals surface area contributed by atoms with Crippen LogP contribution >= 0.6 is 46.1 Å². The number of hydrogen-bond acceptors (Lipinski definition) is 3. The lowest BCUT2D eigenvalue weighted by molar-refractivity contribution is 0.210. The monoisotopic (exact) mass is 296 g/mol. The molecule has 2 rings (SSSR count). The van der Waals surface area contributed by atoms with E-state index in [1.54, 1.807) is 13.1 Å². The van der Waals surface area contributed by atoms with Crippen LogP contribution in [0.5, 0.6) is 0 Å². The van der Waals surface area contributed by atoms with E-state index in [4.69, 9.17) is 34.8 Å². The van der Waals surface area contributed by atoms with Gasteiger partial charge in [-0.05, 0) is 6.07 Å². The van der Waals surface area contributed by atoms with Crippen LogP contribution in [0.4, 0.5) is 0 Å². The fourth-order valence-corrected chi connectivity index (χ4v) is 3.20. The highest BCUT2D eigenvalue weighted by molar-refractivity contribution is 7.20. The van der Waals surface area contributed by atoms with E-state index >= 15 is 0 Å². The molecule has 1 N–H and O–H groups in total. The van der Waals surface area contributed by atoms with Crippen LogP contribution in [0.2, 0.25) is 13.7 Å². The largest absolute Gasteiger partial charge is 0.382 e. The molecular formula is C9H7Cl3N2OS. The minimum Gasteiger partial charge on any atom is -0.382 e. The van der Waals surface area contributed by atoms with E-state index in [2.05, 4.69) is 5.10 Å². The molecular weight excluding hydrogens is 291 g/mol. The van der Waals surface area contributed by atoms with Crippen molar-refractivity contribution in [3.8, 4) is 0 Å². The summed E-state index contributed by atoms with van der Waals surface area (Å²) in [6, 6.07) is 1.63. The summed E-state index contributed by atoms with van der Waals surface area (Å²) in [6.07, 6.45) is 0.554. The van der Waals surface area contributed by atoms with Crippen molar-refractivity contribution in [2.75, 3.05) is 0 Å². The lowest BCUT2D eigenvalue weighted by Crippen LogP contribution is -2.06. The van der Waals surface area contributed by atoms with Crippen molar-refractivity contribution in [1.82, 2.24) is 9.78 Å². The summed E-state index contributed by atoms with van der Waals surface area (Å²) in [5.41, 5.74) is 1.04. The molecule has 0 saturated carbocycles. The van der Waals surface area contributed by atoms with Gasteiger partial charge >= 0.3 is 0 Å². The predicted molar refractivity (Wildman–Crippen MR) is 66.6 cm³/mol. The predicted octanol–water partition coefficient (Wildman–Crippen LogP) is 3.52. The van der Waals surface area contributed by atoms with Crippen LogP contribution in [-0.4, -0.2) is 14.9 Å². The van der Waals surface area contributed by atoms with E-state index in [0.29, 0.717) is 25.0 Å². The molecule has 2 heterocycles. The molecule has 16 heavy (non-hydrogen) atoms. The van der Waals surface area contributed by atoms with Crippen molar-refractivity contribution in [1.29, 1.82) is 0 Å². The van der Waals surface area contributed by atoms with Crippen LogP contribution in [0.1, 0.15) is 17.4 Å². The maximum absolute atomic E-state index is 10.2.